The zero-order valence-corrected chi connectivity index (χ0v) is 12.0. The minimum absolute atomic E-state index is 0.203. The molecule has 1 aromatic carbocycles. The third-order valence-corrected chi connectivity index (χ3v) is 3.83. The fourth-order valence-corrected chi connectivity index (χ4v) is 2.51. The van der Waals surface area contributed by atoms with E-state index in [2.05, 4.69) is 12.1 Å². The van der Waals surface area contributed by atoms with Gasteiger partial charge >= 0.3 is 0 Å². The molecule has 106 valence electrons. The van der Waals surface area contributed by atoms with Gasteiger partial charge in [-0.25, -0.2) is 4.57 Å². The first-order valence-corrected chi connectivity index (χ1v) is 8.11. The van der Waals surface area contributed by atoms with E-state index < -0.39 is 10.1 Å². The van der Waals surface area contributed by atoms with Crippen molar-refractivity contribution >= 4 is 10.1 Å². The van der Waals surface area contributed by atoms with E-state index in [0.717, 1.165) is 6.42 Å². The van der Waals surface area contributed by atoms with Gasteiger partial charge in [-0.3, -0.25) is 4.55 Å². The Kier molecular flexibility index (Phi) is 4.87. The fourth-order valence-electron chi connectivity index (χ4n) is 2.02. The van der Waals surface area contributed by atoms with E-state index in [1.807, 2.05) is 47.3 Å². The molecule has 20 heavy (non-hydrogen) atoms. The SMILES string of the molecule is O=S(=O)(O)CCC[n+]1ccc(Cc2ccccc2)cc1. The molecular weight excluding hydrogens is 274 g/mol. The van der Waals surface area contributed by atoms with E-state index in [4.69, 9.17) is 4.55 Å². The Bertz CT molecular complexity index is 637. The van der Waals surface area contributed by atoms with Gasteiger partial charge in [0.2, 0.25) is 0 Å². The van der Waals surface area contributed by atoms with Crippen LogP contribution in [0.15, 0.2) is 54.9 Å². The summed E-state index contributed by atoms with van der Waals surface area (Å²) in [4.78, 5) is 0. The van der Waals surface area contributed by atoms with Gasteiger partial charge in [-0.1, -0.05) is 30.3 Å². The van der Waals surface area contributed by atoms with Gasteiger partial charge in [-0.05, 0) is 17.5 Å². The average Bonchev–Trinajstić information content (AvgIpc) is 2.41. The number of benzene rings is 1. The van der Waals surface area contributed by atoms with Crippen LogP contribution in [0, 0.1) is 0 Å². The van der Waals surface area contributed by atoms with Crippen molar-refractivity contribution in [3.63, 3.8) is 0 Å². The lowest BCUT2D eigenvalue weighted by atomic mass is 10.1. The van der Waals surface area contributed by atoms with Crippen molar-refractivity contribution in [3.05, 3.63) is 66.0 Å². The van der Waals surface area contributed by atoms with Crippen LogP contribution in [0.4, 0.5) is 0 Å². The van der Waals surface area contributed by atoms with Crippen molar-refractivity contribution in [2.45, 2.75) is 19.4 Å². The van der Waals surface area contributed by atoms with Crippen molar-refractivity contribution in [3.8, 4) is 0 Å². The van der Waals surface area contributed by atoms with Gasteiger partial charge < -0.3 is 0 Å². The Balaban J connectivity index is 1.90. The molecule has 0 saturated carbocycles. The van der Waals surface area contributed by atoms with Crippen LogP contribution < -0.4 is 4.57 Å². The van der Waals surface area contributed by atoms with Crippen LogP contribution in [0.1, 0.15) is 17.5 Å². The van der Waals surface area contributed by atoms with Gasteiger partial charge in [0.05, 0.1) is 5.75 Å². The molecule has 0 atom stereocenters. The Morgan fingerprint density at radius 2 is 1.55 bits per heavy atom. The zero-order valence-electron chi connectivity index (χ0n) is 11.1. The first-order valence-electron chi connectivity index (χ1n) is 6.50. The van der Waals surface area contributed by atoms with Crippen molar-refractivity contribution in [1.29, 1.82) is 0 Å². The smallest absolute Gasteiger partial charge is 0.265 e. The summed E-state index contributed by atoms with van der Waals surface area (Å²) < 4.78 is 31.8. The summed E-state index contributed by atoms with van der Waals surface area (Å²) in [6.07, 6.45) is 5.15. The number of pyridine rings is 1. The van der Waals surface area contributed by atoms with Crippen LogP contribution in [0.2, 0.25) is 0 Å². The highest BCUT2D eigenvalue weighted by atomic mass is 32.2. The maximum absolute atomic E-state index is 10.6. The standard InChI is InChI=1S/C15H17NO3S/c17-20(18,19)12-4-9-16-10-7-15(8-11-16)13-14-5-2-1-3-6-14/h1-3,5-8,10-11H,4,9,12-13H2/p+1. The third kappa shape index (κ3) is 5.11. The third-order valence-electron chi connectivity index (χ3n) is 3.03. The molecule has 0 spiro atoms. The lowest BCUT2D eigenvalue weighted by Crippen LogP contribution is -2.33. The second kappa shape index (κ2) is 6.63. The molecule has 1 N–H and O–H groups in total. The van der Waals surface area contributed by atoms with E-state index in [9.17, 15) is 8.42 Å². The molecule has 1 heterocycles. The lowest BCUT2D eigenvalue weighted by molar-refractivity contribution is -0.696. The number of hydrogen-bond donors (Lipinski definition) is 1. The molecule has 2 rings (SSSR count). The summed E-state index contributed by atoms with van der Waals surface area (Å²) in [7, 11) is -3.86. The van der Waals surface area contributed by atoms with Gasteiger partial charge in [0.1, 0.15) is 6.54 Å². The van der Waals surface area contributed by atoms with Crippen LogP contribution in [0.5, 0.6) is 0 Å². The summed E-state index contributed by atoms with van der Waals surface area (Å²) in [5.74, 6) is -0.203. The molecule has 5 heteroatoms. The van der Waals surface area contributed by atoms with E-state index in [0.29, 0.717) is 13.0 Å². The minimum Gasteiger partial charge on any atom is -0.286 e. The number of nitrogens with zero attached hydrogens (tertiary/aromatic N) is 1. The Hall–Kier alpha value is -1.72. The second-order valence-corrected chi connectivity index (χ2v) is 6.32. The molecule has 4 nitrogen and oxygen atoms in total. The van der Waals surface area contributed by atoms with Gasteiger partial charge in [-0.15, -0.1) is 0 Å². The highest BCUT2D eigenvalue weighted by molar-refractivity contribution is 7.85. The van der Waals surface area contributed by atoms with Crippen LogP contribution in [0.3, 0.4) is 0 Å². The Morgan fingerprint density at radius 3 is 2.15 bits per heavy atom. The first-order chi connectivity index (χ1) is 9.53. The zero-order chi connectivity index (χ0) is 14.4. The molecule has 0 unspecified atom stereocenters. The highest BCUT2D eigenvalue weighted by Gasteiger charge is 2.07. The van der Waals surface area contributed by atoms with E-state index in [1.54, 1.807) is 0 Å². The quantitative estimate of drug-likeness (QED) is 0.653. The molecular formula is C15H18NO3S+. The maximum atomic E-state index is 10.6. The van der Waals surface area contributed by atoms with Gasteiger partial charge in [-0.2, -0.15) is 8.42 Å². The predicted molar refractivity (Wildman–Crippen MR) is 76.9 cm³/mol. The summed E-state index contributed by atoms with van der Waals surface area (Å²) in [5, 5.41) is 0. The molecule has 0 amide bonds. The average molecular weight is 292 g/mol. The van der Waals surface area contributed by atoms with Crippen molar-refractivity contribution in [2.75, 3.05) is 5.75 Å². The van der Waals surface area contributed by atoms with Crippen LogP contribution in [-0.2, 0) is 23.1 Å². The van der Waals surface area contributed by atoms with Crippen molar-refractivity contribution in [1.82, 2.24) is 0 Å². The normalized spacial score (nSPS) is 11.4. The largest absolute Gasteiger partial charge is 0.286 e. The van der Waals surface area contributed by atoms with E-state index >= 15 is 0 Å². The lowest BCUT2D eigenvalue weighted by Gasteiger charge is -2.01. The van der Waals surface area contributed by atoms with Crippen LogP contribution in [-0.4, -0.2) is 18.7 Å². The second-order valence-electron chi connectivity index (χ2n) is 4.75. The summed E-state index contributed by atoms with van der Waals surface area (Å²) in [5.41, 5.74) is 2.47. The molecule has 0 bridgehead atoms. The molecule has 0 saturated heterocycles. The Labute approximate surface area is 119 Å². The van der Waals surface area contributed by atoms with Gasteiger partial charge in [0.15, 0.2) is 12.4 Å². The number of aromatic nitrogens is 1. The summed E-state index contributed by atoms with van der Waals surface area (Å²) in [6.45, 7) is 0.575. The molecule has 2 aromatic rings. The van der Waals surface area contributed by atoms with Crippen LogP contribution >= 0.6 is 0 Å². The highest BCUT2D eigenvalue weighted by Crippen LogP contribution is 2.07. The summed E-state index contributed by atoms with van der Waals surface area (Å²) in [6, 6.07) is 14.3. The monoisotopic (exact) mass is 292 g/mol. The van der Waals surface area contributed by atoms with Gasteiger partial charge in [0, 0.05) is 18.6 Å². The molecule has 0 aliphatic rings. The fraction of sp³-hybridized carbons (Fsp3) is 0.267. The number of hydrogen-bond acceptors (Lipinski definition) is 2. The molecule has 1 aromatic heterocycles. The van der Waals surface area contributed by atoms with Gasteiger partial charge in [0.25, 0.3) is 10.1 Å². The van der Waals surface area contributed by atoms with Crippen LogP contribution in [0.25, 0.3) is 0 Å². The summed E-state index contributed by atoms with van der Waals surface area (Å²) >= 11 is 0. The number of rotatable bonds is 6. The molecule has 0 fully saturated rings. The van der Waals surface area contributed by atoms with Crippen molar-refractivity contribution < 1.29 is 17.5 Å². The Morgan fingerprint density at radius 1 is 0.950 bits per heavy atom. The number of aryl methyl sites for hydroxylation is 1. The molecule has 0 aliphatic heterocycles. The van der Waals surface area contributed by atoms with Crippen molar-refractivity contribution in [2.24, 2.45) is 0 Å². The maximum Gasteiger partial charge on any atom is 0.265 e. The topological polar surface area (TPSA) is 58.3 Å². The predicted octanol–water partition coefficient (Wildman–Crippen LogP) is 1.84. The van der Waals surface area contributed by atoms with E-state index in [1.165, 1.54) is 11.1 Å². The molecule has 0 radical (unpaired) electrons. The van der Waals surface area contributed by atoms with E-state index in [-0.39, 0.29) is 5.75 Å². The minimum atomic E-state index is -3.86. The first kappa shape index (κ1) is 14.7. The molecule has 0 aliphatic carbocycles.